The van der Waals surface area contributed by atoms with Crippen molar-refractivity contribution in [2.45, 2.75) is 13.0 Å². The van der Waals surface area contributed by atoms with Crippen LogP contribution in [-0.2, 0) is 6.61 Å². The summed E-state index contributed by atoms with van der Waals surface area (Å²) in [7, 11) is 0. The number of aliphatic hydroxyl groups is 1. The third kappa shape index (κ3) is 1.83. The maximum Gasteiger partial charge on any atom is 0.269 e. The molecule has 1 aromatic heterocycles. The van der Waals surface area contributed by atoms with Gasteiger partial charge in [-0.25, -0.2) is 8.78 Å². The predicted octanol–water partition coefficient (Wildman–Crippen LogP) is 0.510. The zero-order valence-electron chi connectivity index (χ0n) is 6.42. The molecule has 0 bridgehead atoms. The Balaban J connectivity index is 3.38. The van der Waals surface area contributed by atoms with Gasteiger partial charge in [0.2, 0.25) is 0 Å². The first kappa shape index (κ1) is 9.66. The van der Waals surface area contributed by atoms with E-state index in [1.54, 1.807) is 0 Å². The highest BCUT2D eigenvalue weighted by Gasteiger charge is 2.18. The van der Waals surface area contributed by atoms with Crippen LogP contribution in [0.3, 0.4) is 0 Å². The smallest absolute Gasteiger partial charge is 0.269 e. The topological polar surface area (TPSA) is 73.3 Å². The minimum absolute atomic E-state index is 0.361. The van der Waals surface area contributed by atoms with E-state index in [-0.39, 0.29) is 5.69 Å². The van der Waals surface area contributed by atoms with E-state index in [9.17, 15) is 13.6 Å². The number of halogens is 2. The second-order valence-electron chi connectivity index (χ2n) is 2.37. The number of alkyl halides is 2. The van der Waals surface area contributed by atoms with Gasteiger partial charge < -0.3 is 15.2 Å². The summed E-state index contributed by atoms with van der Waals surface area (Å²) >= 11 is 0. The molecule has 1 aromatic rings. The Morgan fingerprint density at radius 3 is 2.62 bits per heavy atom. The SMILES string of the molecule is O=c1cc(O)c(C(F)F)c(CO)[nH]1. The molecule has 4 nitrogen and oxygen atoms in total. The van der Waals surface area contributed by atoms with E-state index in [0.717, 1.165) is 0 Å². The maximum atomic E-state index is 12.2. The largest absolute Gasteiger partial charge is 0.507 e. The van der Waals surface area contributed by atoms with Gasteiger partial charge in [0.05, 0.1) is 17.9 Å². The third-order valence-electron chi connectivity index (χ3n) is 1.52. The number of aromatic amines is 1. The molecule has 0 aliphatic carbocycles. The molecule has 0 aliphatic heterocycles. The molecule has 0 fully saturated rings. The second kappa shape index (κ2) is 3.53. The lowest BCUT2D eigenvalue weighted by Crippen LogP contribution is -2.11. The lowest BCUT2D eigenvalue weighted by Gasteiger charge is -2.07. The van der Waals surface area contributed by atoms with E-state index in [2.05, 4.69) is 0 Å². The lowest BCUT2D eigenvalue weighted by molar-refractivity contribution is 0.142. The quantitative estimate of drug-likeness (QED) is 0.637. The van der Waals surface area contributed by atoms with E-state index in [1.807, 2.05) is 4.98 Å². The summed E-state index contributed by atoms with van der Waals surface area (Å²) in [6, 6.07) is 0.640. The van der Waals surface area contributed by atoms with E-state index < -0.39 is 29.9 Å². The summed E-state index contributed by atoms with van der Waals surface area (Å²) in [5, 5.41) is 17.6. The second-order valence-corrected chi connectivity index (χ2v) is 2.37. The summed E-state index contributed by atoms with van der Waals surface area (Å²) in [5.41, 5.74) is -1.83. The van der Waals surface area contributed by atoms with Crippen LogP contribution in [0.1, 0.15) is 17.7 Å². The molecule has 0 aromatic carbocycles. The Kier molecular flexibility index (Phi) is 2.62. The highest BCUT2D eigenvalue weighted by Crippen LogP contribution is 2.28. The maximum absolute atomic E-state index is 12.2. The van der Waals surface area contributed by atoms with Crippen LogP contribution in [0, 0.1) is 0 Å². The highest BCUT2D eigenvalue weighted by molar-refractivity contribution is 5.35. The molecule has 0 radical (unpaired) electrons. The zero-order chi connectivity index (χ0) is 10.0. The van der Waals surface area contributed by atoms with Gasteiger partial charge in [0.15, 0.2) is 0 Å². The van der Waals surface area contributed by atoms with Crippen LogP contribution >= 0.6 is 0 Å². The number of aliphatic hydroxyl groups excluding tert-OH is 1. The van der Waals surface area contributed by atoms with Gasteiger partial charge >= 0.3 is 0 Å². The fraction of sp³-hybridized carbons (Fsp3) is 0.286. The Bertz CT molecular complexity index is 361. The van der Waals surface area contributed by atoms with Crippen LogP contribution in [0.4, 0.5) is 8.78 Å². The Morgan fingerprint density at radius 1 is 1.54 bits per heavy atom. The van der Waals surface area contributed by atoms with Crippen LogP contribution in [-0.4, -0.2) is 15.2 Å². The number of nitrogens with one attached hydrogen (secondary N) is 1. The van der Waals surface area contributed by atoms with Crippen LogP contribution < -0.4 is 5.56 Å². The van der Waals surface area contributed by atoms with Crippen molar-refractivity contribution in [2.75, 3.05) is 0 Å². The first-order valence-corrected chi connectivity index (χ1v) is 3.40. The number of H-pyrrole nitrogens is 1. The van der Waals surface area contributed by atoms with Crippen molar-refractivity contribution in [3.05, 3.63) is 27.7 Å². The van der Waals surface area contributed by atoms with Crippen LogP contribution in [0.2, 0.25) is 0 Å². The predicted molar refractivity (Wildman–Crippen MR) is 39.6 cm³/mol. The number of rotatable bonds is 2. The highest BCUT2D eigenvalue weighted by atomic mass is 19.3. The molecule has 3 N–H and O–H groups in total. The molecule has 0 saturated carbocycles. The van der Waals surface area contributed by atoms with Crippen molar-refractivity contribution in [1.82, 2.24) is 4.98 Å². The molecule has 0 saturated heterocycles. The van der Waals surface area contributed by atoms with Crippen molar-refractivity contribution in [3.8, 4) is 5.75 Å². The summed E-state index contributed by atoms with van der Waals surface area (Å²) in [6.45, 7) is -0.747. The minimum atomic E-state index is -2.93. The number of hydrogen-bond acceptors (Lipinski definition) is 3. The molecule has 0 spiro atoms. The van der Waals surface area contributed by atoms with Gasteiger partial charge in [-0.1, -0.05) is 0 Å². The standard InChI is InChI=1S/C7H7F2NO3/c8-7(9)6-3(2-11)10-5(13)1-4(6)12/h1,7,11H,2H2,(H2,10,12,13). The summed E-state index contributed by atoms with van der Waals surface area (Å²) in [5.74, 6) is -0.803. The lowest BCUT2D eigenvalue weighted by atomic mass is 10.2. The Morgan fingerprint density at radius 2 is 2.15 bits per heavy atom. The monoisotopic (exact) mass is 191 g/mol. The normalized spacial score (nSPS) is 10.8. The number of hydrogen-bond donors (Lipinski definition) is 3. The van der Waals surface area contributed by atoms with E-state index >= 15 is 0 Å². The molecule has 6 heteroatoms. The first-order valence-electron chi connectivity index (χ1n) is 3.40. The molecule has 1 heterocycles. The number of aromatic nitrogens is 1. The first-order chi connectivity index (χ1) is 6.06. The fourth-order valence-corrected chi connectivity index (χ4v) is 0.977. The average molecular weight is 191 g/mol. The Labute approximate surface area is 71.5 Å². The average Bonchev–Trinajstić information content (AvgIpc) is 2.01. The minimum Gasteiger partial charge on any atom is -0.507 e. The van der Waals surface area contributed by atoms with Crippen molar-refractivity contribution in [1.29, 1.82) is 0 Å². The zero-order valence-corrected chi connectivity index (χ0v) is 6.42. The van der Waals surface area contributed by atoms with Gasteiger partial charge in [-0.3, -0.25) is 4.79 Å². The van der Waals surface area contributed by atoms with Crippen molar-refractivity contribution < 1.29 is 19.0 Å². The molecule has 13 heavy (non-hydrogen) atoms. The van der Waals surface area contributed by atoms with Crippen LogP contribution in [0.25, 0.3) is 0 Å². The van der Waals surface area contributed by atoms with Gasteiger partial charge in [0.1, 0.15) is 5.75 Å². The molecule has 0 amide bonds. The summed E-state index contributed by atoms with van der Waals surface area (Å²) < 4.78 is 24.4. The van der Waals surface area contributed by atoms with Gasteiger partial charge in [-0.05, 0) is 0 Å². The molecule has 0 aliphatic rings. The van der Waals surface area contributed by atoms with Crippen LogP contribution in [0.15, 0.2) is 10.9 Å². The molecular formula is C7H7F2NO3. The van der Waals surface area contributed by atoms with E-state index in [0.29, 0.717) is 6.07 Å². The molecule has 1 rings (SSSR count). The van der Waals surface area contributed by atoms with Gasteiger partial charge in [0.25, 0.3) is 12.0 Å². The van der Waals surface area contributed by atoms with Gasteiger partial charge in [-0.2, -0.15) is 0 Å². The van der Waals surface area contributed by atoms with Gasteiger partial charge in [-0.15, -0.1) is 0 Å². The summed E-state index contributed by atoms with van der Waals surface area (Å²) in [6.07, 6.45) is -2.93. The fourth-order valence-electron chi connectivity index (χ4n) is 0.977. The molecule has 0 atom stereocenters. The molecular weight excluding hydrogens is 184 g/mol. The third-order valence-corrected chi connectivity index (χ3v) is 1.52. The van der Waals surface area contributed by atoms with Crippen molar-refractivity contribution in [2.24, 2.45) is 0 Å². The number of aromatic hydroxyl groups is 1. The van der Waals surface area contributed by atoms with E-state index in [4.69, 9.17) is 10.2 Å². The van der Waals surface area contributed by atoms with Gasteiger partial charge in [0, 0.05) is 6.07 Å². The summed E-state index contributed by atoms with van der Waals surface area (Å²) in [4.78, 5) is 12.7. The van der Waals surface area contributed by atoms with Crippen molar-refractivity contribution >= 4 is 0 Å². The van der Waals surface area contributed by atoms with E-state index in [1.165, 1.54) is 0 Å². The number of pyridine rings is 1. The van der Waals surface area contributed by atoms with Crippen LogP contribution in [0.5, 0.6) is 5.75 Å². The molecule has 0 unspecified atom stereocenters. The Hall–Kier alpha value is -1.43. The van der Waals surface area contributed by atoms with Crippen molar-refractivity contribution in [3.63, 3.8) is 0 Å². The molecule has 72 valence electrons.